The fourth-order valence-electron chi connectivity index (χ4n) is 6.79. The normalized spacial score (nSPS) is 12.4. The van der Waals surface area contributed by atoms with E-state index in [2.05, 4.69) is 25.7 Å². The van der Waals surface area contributed by atoms with Gasteiger partial charge in [0.15, 0.2) is 0 Å². The van der Waals surface area contributed by atoms with E-state index in [1.807, 2.05) is 0 Å². The summed E-state index contributed by atoms with van der Waals surface area (Å²) in [5.74, 6) is -0.651. The summed E-state index contributed by atoms with van der Waals surface area (Å²) in [7, 11) is 0. The van der Waals surface area contributed by atoms with Gasteiger partial charge in [-0.2, -0.15) is 0 Å². The van der Waals surface area contributed by atoms with Gasteiger partial charge in [-0.05, 0) is 39.3 Å². The van der Waals surface area contributed by atoms with E-state index in [1.54, 1.807) is 0 Å². The standard InChI is InChI=1S/C41H83NO2/c1-4-6-8-10-12-14-16-18-20-22-24-26-28-30-32-34-38-42(40(3)36-37-41(43)44)39-35-33-31-29-27-25-23-21-19-17-15-13-11-9-7-5-2/h40H,4-39H2,1-3H3,(H,43,44). The van der Waals surface area contributed by atoms with E-state index in [-0.39, 0.29) is 0 Å². The van der Waals surface area contributed by atoms with Crippen LogP contribution in [0.25, 0.3) is 0 Å². The minimum absolute atomic E-state index is 0.301. The first-order valence-corrected chi connectivity index (χ1v) is 20.6. The molecule has 1 unspecified atom stereocenters. The van der Waals surface area contributed by atoms with Gasteiger partial charge < -0.3 is 10.0 Å². The van der Waals surface area contributed by atoms with E-state index < -0.39 is 5.97 Å². The molecule has 3 heteroatoms. The van der Waals surface area contributed by atoms with Gasteiger partial charge >= 0.3 is 5.97 Å². The summed E-state index contributed by atoms with van der Waals surface area (Å²) in [4.78, 5) is 13.7. The Kier molecular flexibility index (Phi) is 36.4. The fraction of sp³-hybridized carbons (Fsp3) is 0.976. The van der Waals surface area contributed by atoms with Crippen LogP contribution >= 0.6 is 0 Å². The average Bonchev–Trinajstić information content (AvgIpc) is 3.02. The molecule has 264 valence electrons. The minimum Gasteiger partial charge on any atom is -0.481 e. The molecule has 0 aromatic rings. The monoisotopic (exact) mass is 622 g/mol. The first-order valence-electron chi connectivity index (χ1n) is 20.6. The van der Waals surface area contributed by atoms with Crippen molar-refractivity contribution in [3.8, 4) is 0 Å². The zero-order chi connectivity index (χ0) is 32.2. The van der Waals surface area contributed by atoms with Gasteiger partial charge in [0.2, 0.25) is 0 Å². The van der Waals surface area contributed by atoms with Crippen LogP contribution in [0.5, 0.6) is 0 Å². The number of hydrogen-bond acceptors (Lipinski definition) is 2. The lowest BCUT2D eigenvalue weighted by molar-refractivity contribution is -0.137. The van der Waals surface area contributed by atoms with E-state index in [9.17, 15) is 9.90 Å². The smallest absolute Gasteiger partial charge is 0.303 e. The summed E-state index contributed by atoms with van der Waals surface area (Å²) >= 11 is 0. The van der Waals surface area contributed by atoms with Crippen molar-refractivity contribution in [1.29, 1.82) is 0 Å². The number of hydrogen-bond donors (Lipinski definition) is 1. The fourth-order valence-corrected chi connectivity index (χ4v) is 6.79. The molecule has 0 heterocycles. The van der Waals surface area contributed by atoms with Crippen molar-refractivity contribution in [1.82, 2.24) is 4.90 Å². The zero-order valence-corrected chi connectivity index (χ0v) is 30.8. The van der Waals surface area contributed by atoms with Crippen LogP contribution in [0.15, 0.2) is 0 Å². The van der Waals surface area contributed by atoms with Crippen LogP contribution < -0.4 is 0 Å². The van der Waals surface area contributed by atoms with Crippen molar-refractivity contribution in [3.63, 3.8) is 0 Å². The molecule has 0 spiro atoms. The van der Waals surface area contributed by atoms with Crippen LogP contribution in [-0.2, 0) is 4.79 Å². The molecule has 0 fully saturated rings. The molecule has 0 aliphatic rings. The highest BCUT2D eigenvalue weighted by atomic mass is 16.4. The van der Waals surface area contributed by atoms with Crippen LogP contribution in [0.3, 0.4) is 0 Å². The van der Waals surface area contributed by atoms with Gasteiger partial charge in [-0.25, -0.2) is 0 Å². The maximum absolute atomic E-state index is 11.1. The van der Waals surface area contributed by atoms with E-state index in [0.29, 0.717) is 12.5 Å². The van der Waals surface area contributed by atoms with Crippen LogP contribution in [0.4, 0.5) is 0 Å². The van der Waals surface area contributed by atoms with Gasteiger partial charge in [-0.15, -0.1) is 0 Å². The van der Waals surface area contributed by atoms with Crippen molar-refractivity contribution in [2.75, 3.05) is 13.1 Å². The molecule has 0 aromatic carbocycles. The van der Waals surface area contributed by atoms with Gasteiger partial charge in [-0.1, -0.05) is 206 Å². The predicted molar refractivity (Wildman–Crippen MR) is 197 cm³/mol. The third-order valence-corrected chi connectivity index (χ3v) is 10.00. The first kappa shape index (κ1) is 43.4. The lowest BCUT2D eigenvalue weighted by Crippen LogP contribution is -2.35. The molecule has 44 heavy (non-hydrogen) atoms. The summed E-state index contributed by atoms with van der Waals surface area (Å²) in [5.41, 5.74) is 0. The quantitative estimate of drug-likeness (QED) is 0.0697. The largest absolute Gasteiger partial charge is 0.481 e. The summed E-state index contributed by atoms with van der Waals surface area (Å²) < 4.78 is 0. The maximum Gasteiger partial charge on any atom is 0.303 e. The Bertz CT molecular complexity index is 515. The summed E-state index contributed by atoms with van der Waals surface area (Å²) in [6.45, 7) is 9.15. The number of unbranched alkanes of at least 4 members (excludes halogenated alkanes) is 30. The van der Waals surface area contributed by atoms with Crippen LogP contribution in [0, 0.1) is 0 Å². The summed E-state index contributed by atoms with van der Waals surface area (Å²) in [6, 6.07) is 0.388. The summed E-state index contributed by atoms with van der Waals surface area (Å²) in [5, 5.41) is 9.18. The third kappa shape index (κ3) is 34.3. The average molecular weight is 622 g/mol. The second kappa shape index (κ2) is 36.9. The van der Waals surface area contributed by atoms with Crippen molar-refractivity contribution in [2.45, 2.75) is 245 Å². The Morgan fingerprint density at radius 1 is 0.432 bits per heavy atom. The number of carboxylic acids is 1. The SMILES string of the molecule is CCCCCCCCCCCCCCCCCCN(CCCCCCCCCCCCCCCCCC)C(C)CCC(=O)O. The maximum atomic E-state index is 11.1. The van der Waals surface area contributed by atoms with E-state index in [4.69, 9.17) is 0 Å². The van der Waals surface area contributed by atoms with Crippen molar-refractivity contribution in [2.24, 2.45) is 0 Å². The van der Waals surface area contributed by atoms with Crippen LogP contribution in [-0.4, -0.2) is 35.1 Å². The molecule has 0 rings (SSSR count). The molecule has 0 aliphatic heterocycles. The molecule has 1 atom stereocenters. The Balaban J connectivity index is 3.74. The minimum atomic E-state index is -0.651. The highest BCUT2D eigenvalue weighted by molar-refractivity contribution is 5.66. The molecule has 0 saturated carbocycles. The number of carboxylic acid groups (broad SMARTS) is 1. The predicted octanol–water partition coefficient (Wildman–Crippen LogP) is 14.1. The zero-order valence-electron chi connectivity index (χ0n) is 30.8. The van der Waals surface area contributed by atoms with Gasteiger partial charge in [0.1, 0.15) is 0 Å². The van der Waals surface area contributed by atoms with Gasteiger partial charge in [-0.3, -0.25) is 4.79 Å². The number of rotatable bonds is 38. The Morgan fingerprint density at radius 3 is 0.886 bits per heavy atom. The van der Waals surface area contributed by atoms with E-state index in [1.165, 1.54) is 205 Å². The Labute approximate surface area is 278 Å². The van der Waals surface area contributed by atoms with Crippen LogP contribution in [0.2, 0.25) is 0 Å². The topological polar surface area (TPSA) is 40.5 Å². The molecule has 0 radical (unpaired) electrons. The number of carbonyl (C=O) groups is 1. The second-order valence-electron chi connectivity index (χ2n) is 14.4. The molecule has 0 bridgehead atoms. The highest BCUT2D eigenvalue weighted by Gasteiger charge is 2.14. The molecular formula is C41H83NO2. The van der Waals surface area contributed by atoms with Crippen molar-refractivity contribution in [3.05, 3.63) is 0 Å². The summed E-state index contributed by atoms with van der Waals surface area (Å²) in [6.07, 6.45) is 46.2. The van der Waals surface area contributed by atoms with E-state index >= 15 is 0 Å². The van der Waals surface area contributed by atoms with Gasteiger partial charge in [0, 0.05) is 12.5 Å². The molecule has 0 aromatic heterocycles. The van der Waals surface area contributed by atoms with Gasteiger partial charge in [0.25, 0.3) is 0 Å². The van der Waals surface area contributed by atoms with Crippen LogP contribution in [0.1, 0.15) is 239 Å². The molecule has 0 saturated heterocycles. The molecular weight excluding hydrogens is 538 g/mol. The van der Waals surface area contributed by atoms with Crippen molar-refractivity contribution < 1.29 is 9.90 Å². The highest BCUT2D eigenvalue weighted by Crippen LogP contribution is 2.17. The number of nitrogens with zero attached hydrogens (tertiary/aromatic N) is 1. The molecule has 0 aliphatic carbocycles. The Hall–Kier alpha value is -0.570. The van der Waals surface area contributed by atoms with E-state index in [0.717, 1.165) is 19.5 Å². The lowest BCUT2D eigenvalue weighted by Gasteiger charge is -2.29. The number of aliphatic carboxylic acids is 1. The van der Waals surface area contributed by atoms with Crippen molar-refractivity contribution >= 4 is 5.97 Å². The second-order valence-corrected chi connectivity index (χ2v) is 14.4. The van der Waals surface area contributed by atoms with Gasteiger partial charge in [0.05, 0.1) is 0 Å². The third-order valence-electron chi connectivity index (χ3n) is 10.00. The lowest BCUT2D eigenvalue weighted by atomic mass is 10.0. The molecule has 3 nitrogen and oxygen atoms in total. The molecule has 0 amide bonds. The molecule has 1 N–H and O–H groups in total. The Morgan fingerprint density at radius 2 is 0.659 bits per heavy atom. The first-order chi connectivity index (χ1) is 21.6.